The first-order valence-corrected chi connectivity index (χ1v) is 8.63. The molecule has 1 unspecified atom stereocenters. The minimum atomic E-state index is -0.680. The molecule has 2 rings (SSSR count). The molecule has 0 spiro atoms. The molecule has 6 nitrogen and oxygen atoms in total. The molecule has 0 fully saturated rings. The lowest BCUT2D eigenvalue weighted by atomic mass is 10.1. The maximum absolute atomic E-state index is 11.6. The van der Waals surface area contributed by atoms with E-state index in [-0.39, 0.29) is 12.7 Å². The number of carbonyl (C=O) groups excluding carboxylic acids is 2. The van der Waals surface area contributed by atoms with Crippen molar-refractivity contribution in [2.45, 2.75) is 19.4 Å². The maximum atomic E-state index is 11.6. The van der Waals surface area contributed by atoms with Crippen LogP contribution in [0.5, 0.6) is 5.75 Å². The maximum Gasteiger partial charge on any atom is 0.349 e. The zero-order valence-electron chi connectivity index (χ0n) is 15.4. The molecule has 0 radical (unpaired) electrons. The van der Waals surface area contributed by atoms with Gasteiger partial charge in [0.25, 0.3) is 0 Å². The van der Waals surface area contributed by atoms with E-state index in [4.69, 9.17) is 9.47 Å². The van der Waals surface area contributed by atoms with Crippen LogP contribution in [0, 0.1) is 0 Å². The number of hydrogen-bond donors (Lipinski definition) is 1. The summed E-state index contributed by atoms with van der Waals surface area (Å²) in [5.74, 6) is -0.523. The highest BCUT2D eigenvalue weighted by Gasteiger charge is 2.10. The fourth-order valence-corrected chi connectivity index (χ4v) is 2.47. The molecule has 1 atom stereocenters. The molecule has 0 aliphatic carbocycles. The van der Waals surface area contributed by atoms with Crippen molar-refractivity contribution >= 4 is 22.7 Å². The number of carbonyl (C=O) groups is 2. The smallest absolute Gasteiger partial charge is 0.349 e. The van der Waals surface area contributed by atoms with Gasteiger partial charge in [0.1, 0.15) is 11.9 Å². The lowest BCUT2D eigenvalue weighted by Gasteiger charge is -2.17. The molecule has 0 aliphatic rings. The third-order valence-electron chi connectivity index (χ3n) is 3.64. The minimum absolute atomic E-state index is 0.157. The van der Waals surface area contributed by atoms with Crippen molar-refractivity contribution < 1.29 is 23.9 Å². The largest absolute Gasteiger partial charge is 0.486 e. The van der Waals surface area contributed by atoms with Crippen LogP contribution in [-0.2, 0) is 19.2 Å². The van der Waals surface area contributed by atoms with Crippen LogP contribution in [0.3, 0.4) is 0 Å². The van der Waals surface area contributed by atoms with E-state index in [9.17, 15) is 9.59 Å². The van der Waals surface area contributed by atoms with E-state index in [0.29, 0.717) is 6.42 Å². The molecule has 2 aromatic carbocycles. The van der Waals surface area contributed by atoms with Crippen molar-refractivity contribution in [1.82, 2.24) is 5.48 Å². The van der Waals surface area contributed by atoms with Crippen LogP contribution < -0.4 is 10.2 Å². The zero-order chi connectivity index (χ0) is 19.5. The first-order chi connectivity index (χ1) is 13.1. The Bertz CT molecular complexity index is 823. The molecule has 0 saturated carbocycles. The number of allylic oxidation sites excluding steroid dienone is 1. The number of rotatable bonds is 9. The van der Waals surface area contributed by atoms with Crippen LogP contribution in [0.4, 0.5) is 0 Å². The normalized spacial score (nSPS) is 12.4. The van der Waals surface area contributed by atoms with Crippen LogP contribution in [0.25, 0.3) is 10.8 Å². The summed E-state index contributed by atoms with van der Waals surface area (Å²) < 4.78 is 11.2. The second-order valence-corrected chi connectivity index (χ2v) is 5.57. The fraction of sp³-hybridized carbons (Fsp3) is 0.238. The molecule has 0 amide bonds. The molecule has 0 bridgehead atoms. The molecule has 0 heterocycles. The van der Waals surface area contributed by atoms with Gasteiger partial charge in [-0.1, -0.05) is 42.5 Å². The van der Waals surface area contributed by atoms with Gasteiger partial charge >= 0.3 is 11.9 Å². The Morgan fingerprint density at radius 1 is 1.07 bits per heavy atom. The molecule has 1 N–H and O–H groups in total. The Morgan fingerprint density at radius 3 is 2.59 bits per heavy atom. The van der Waals surface area contributed by atoms with E-state index in [2.05, 4.69) is 10.3 Å². The summed E-state index contributed by atoms with van der Waals surface area (Å²) in [6.07, 6.45) is 6.06. The molecule has 6 heteroatoms. The number of fused-ring (bicyclic) bond motifs is 1. The number of hydrogen-bond acceptors (Lipinski definition) is 6. The van der Waals surface area contributed by atoms with Crippen LogP contribution in [0.1, 0.15) is 13.3 Å². The fourth-order valence-electron chi connectivity index (χ4n) is 2.47. The van der Waals surface area contributed by atoms with Crippen molar-refractivity contribution in [3.63, 3.8) is 0 Å². The van der Waals surface area contributed by atoms with E-state index >= 15 is 0 Å². The lowest BCUT2D eigenvalue weighted by Crippen LogP contribution is -2.18. The quantitative estimate of drug-likeness (QED) is 0.316. The Hall–Kier alpha value is -3.12. The molecular weight excluding hydrogens is 346 g/mol. The first kappa shape index (κ1) is 20.2. The molecule has 142 valence electrons. The van der Waals surface area contributed by atoms with Gasteiger partial charge in [0, 0.05) is 31.0 Å². The Labute approximate surface area is 158 Å². The van der Waals surface area contributed by atoms with Gasteiger partial charge in [-0.15, -0.1) is 0 Å². The summed E-state index contributed by atoms with van der Waals surface area (Å²) in [5.41, 5.74) is 2.22. The number of esters is 1. The second-order valence-electron chi connectivity index (χ2n) is 5.57. The predicted molar refractivity (Wildman–Crippen MR) is 103 cm³/mol. The van der Waals surface area contributed by atoms with Crippen molar-refractivity contribution in [1.29, 1.82) is 0 Å². The summed E-state index contributed by atoms with van der Waals surface area (Å²) in [6, 6.07) is 13.9. The Kier molecular flexibility index (Phi) is 8.06. The van der Waals surface area contributed by atoms with E-state index in [1.165, 1.54) is 7.05 Å². The van der Waals surface area contributed by atoms with Crippen molar-refractivity contribution in [2.75, 3.05) is 13.7 Å². The van der Waals surface area contributed by atoms with E-state index in [1.807, 2.05) is 61.5 Å². The molecule has 27 heavy (non-hydrogen) atoms. The number of benzene rings is 2. The van der Waals surface area contributed by atoms with Gasteiger partial charge in [0.2, 0.25) is 0 Å². The van der Waals surface area contributed by atoms with Crippen LogP contribution in [-0.4, -0.2) is 31.7 Å². The standard InChI is InChI=1S/C21H23NO5/c1-3-7-17(14-15-25-20(23)12-13-21(24)27-22-2)26-19-11-6-9-16-8-4-5-10-18(16)19/h3-13,17,22H,14-15H2,1-2H3/b7-3+,13-12+. The van der Waals surface area contributed by atoms with Gasteiger partial charge in [-0.3, -0.25) is 0 Å². The van der Waals surface area contributed by atoms with Gasteiger partial charge in [-0.2, -0.15) is 5.48 Å². The van der Waals surface area contributed by atoms with Crippen molar-refractivity contribution in [2.24, 2.45) is 0 Å². The summed E-state index contributed by atoms with van der Waals surface area (Å²) >= 11 is 0. The van der Waals surface area contributed by atoms with Gasteiger partial charge in [-0.25, -0.2) is 9.59 Å². The highest BCUT2D eigenvalue weighted by atomic mass is 16.7. The predicted octanol–water partition coefficient (Wildman–Crippen LogP) is 3.33. The summed E-state index contributed by atoms with van der Waals surface area (Å²) in [7, 11) is 1.45. The average molecular weight is 369 g/mol. The zero-order valence-corrected chi connectivity index (χ0v) is 15.4. The van der Waals surface area contributed by atoms with E-state index < -0.39 is 11.9 Å². The molecule has 0 aliphatic heterocycles. The topological polar surface area (TPSA) is 73.9 Å². The monoisotopic (exact) mass is 369 g/mol. The SMILES string of the molecule is C/C=C/C(CCOC(=O)/C=C/C(=O)ONC)Oc1cccc2ccccc12. The molecule has 0 aromatic heterocycles. The molecule has 0 saturated heterocycles. The van der Waals surface area contributed by atoms with E-state index in [0.717, 1.165) is 28.7 Å². The van der Waals surface area contributed by atoms with Crippen LogP contribution >= 0.6 is 0 Å². The highest BCUT2D eigenvalue weighted by Crippen LogP contribution is 2.26. The number of hydroxylamine groups is 1. The third kappa shape index (κ3) is 6.60. The van der Waals surface area contributed by atoms with Gasteiger partial charge < -0.3 is 14.3 Å². The molecule has 2 aromatic rings. The lowest BCUT2D eigenvalue weighted by molar-refractivity contribution is -0.144. The van der Waals surface area contributed by atoms with Crippen molar-refractivity contribution in [3.05, 3.63) is 66.8 Å². The number of nitrogens with one attached hydrogen (secondary N) is 1. The second kappa shape index (κ2) is 10.8. The first-order valence-electron chi connectivity index (χ1n) is 8.63. The summed E-state index contributed by atoms with van der Waals surface area (Å²) in [5, 5.41) is 2.12. The van der Waals surface area contributed by atoms with Gasteiger partial charge in [0.15, 0.2) is 0 Å². The minimum Gasteiger partial charge on any atom is -0.486 e. The van der Waals surface area contributed by atoms with Gasteiger partial charge in [-0.05, 0) is 24.5 Å². The molecular formula is C21H23NO5. The summed E-state index contributed by atoms with van der Waals surface area (Å²) in [4.78, 5) is 27.2. The average Bonchev–Trinajstić information content (AvgIpc) is 2.67. The van der Waals surface area contributed by atoms with Crippen molar-refractivity contribution in [3.8, 4) is 5.75 Å². The van der Waals surface area contributed by atoms with Crippen LogP contribution in [0.2, 0.25) is 0 Å². The Morgan fingerprint density at radius 2 is 1.81 bits per heavy atom. The van der Waals surface area contributed by atoms with Crippen LogP contribution in [0.15, 0.2) is 66.8 Å². The summed E-state index contributed by atoms with van der Waals surface area (Å²) in [6.45, 7) is 2.06. The third-order valence-corrected chi connectivity index (χ3v) is 3.64. The Balaban J connectivity index is 1.92. The van der Waals surface area contributed by atoms with Gasteiger partial charge in [0.05, 0.1) is 6.61 Å². The van der Waals surface area contributed by atoms with E-state index in [1.54, 1.807) is 0 Å². The highest BCUT2D eigenvalue weighted by molar-refractivity contribution is 5.91. The number of ether oxygens (including phenoxy) is 2.